The minimum absolute atomic E-state index is 0.194. The fourth-order valence-electron chi connectivity index (χ4n) is 2.75. The van der Waals surface area contributed by atoms with Crippen LogP contribution in [0.25, 0.3) is 15.6 Å². The van der Waals surface area contributed by atoms with Crippen LogP contribution in [0.2, 0.25) is 0 Å². The molecular weight excluding hydrogens is 457 g/mol. The number of nitrogens with one attached hydrogen (secondary N) is 1. The minimum atomic E-state index is -3.67. The Morgan fingerprint density at radius 1 is 1.34 bits per heavy atom. The number of fused-ring (bicyclic) bond motifs is 2. The van der Waals surface area contributed by atoms with Crippen molar-refractivity contribution in [2.24, 2.45) is 0 Å². The molecule has 0 aliphatic carbocycles. The number of rotatable bonds is 5. The van der Waals surface area contributed by atoms with Crippen LogP contribution >= 0.6 is 34.4 Å². The molecule has 1 amide bonds. The first kappa shape index (κ1) is 20.1. The summed E-state index contributed by atoms with van der Waals surface area (Å²) in [5, 5.41) is 1.09. The normalized spacial score (nSPS) is 15.1. The number of nitrogens with zero attached hydrogens (tertiary/aromatic N) is 2. The average molecular weight is 472 g/mol. The Labute approximate surface area is 178 Å². The SMILES string of the molecule is COc1ccc2c(c1)N(CC(=O)NS(C)(=O)=O)/C(=C/c1nc3cc(F)sc3s1)S2. The maximum absolute atomic E-state index is 13.3. The van der Waals surface area contributed by atoms with Crippen molar-refractivity contribution < 1.29 is 22.3 Å². The summed E-state index contributed by atoms with van der Waals surface area (Å²) in [7, 11) is -2.12. The highest BCUT2D eigenvalue weighted by atomic mass is 32.2. The first-order valence-corrected chi connectivity index (χ1v) is 12.5. The lowest BCUT2D eigenvalue weighted by Crippen LogP contribution is -2.38. The van der Waals surface area contributed by atoms with E-state index in [4.69, 9.17) is 4.74 Å². The van der Waals surface area contributed by atoms with Gasteiger partial charge in [-0.3, -0.25) is 9.52 Å². The fraction of sp³-hybridized carbons (Fsp3) is 0.176. The molecule has 2 aromatic heterocycles. The Balaban J connectivity index is 1.70. The summed E-state index contributed by atoms with van der Waals surface area (Å²) in [6, 6.07) is 6.85. The van der Waals surface area contributed by atoms with Gasteiger partial charge in [-0.15, -0.1) is 11.3 Å². The number of thiophene rings is 1. The van der Waals surface area contributed by atoms with Gasteiger partial charge in [0, 0.05) is 23.1 Å². The number of sulfonamides is 1. The van der Waals surface area contributed by atoms with Gasteiger partial charge in [-0.05, 0) is 12.1 Å². The number of ether oxygens (including phenoxy) is 1. The van der Waals surface area contributed by atoms with Crippen molar-refractivity contribution >= 4 is 71.7 Å². The highest BCUT2D eigenvalue weighted by molar-refractivity contribution is 8.04. The van der Waals surface area contributed by atoms with Crippen molar-refractivity contribution in [1.29, 1.82) is 0 Å². The molecule has 7 nitrogen and oxygen atoms in total. The second kappa shape index (κ2) is 7.59. The number of hydrogen-bond acceptors (Lipinski definition) is 9. The van der Waals surface area contributed by atoms with Crippen LogP contribution in [0.5, 0.6) is 5.75 Å². The van der Waals surface area contributed by atoms with Crippen LogP contribution in [0.4, 0.5) is 10.1 Å². The zero-order valence-corrected chi connectivity index (χ0v) is 18.4. The number of carbonyl (C=O) groups is 1. The second-order valence-corrected chi connectivity index (χ2v) is 11.2. The average Bonchev–Trinajstić information content (AvgIpc) is 3.24. The molecule has 3 heterocycles. The molecule has 1 N–H and O–H groups in total. The predicted octanol–water partition coefficient (Wildman–Crippen LogP) is 3.49. The van der Waals surface area contributed by atoms with Gasteiger partial charge in [-0.2, -0.15) is 4.39 Å². The van der Waals surface area contributed by atoms with Crippen molar-refractivity contribution in [3.05, 3.63) is 39.4 Å². The summed E-state index contributed by atoms with van der Waals surface area (Å²) in [4.78, 5) is 19.3. The molecule has 0 fully saturated rings. The van der Waals surface area contributed by atoms with Crippen molar-refractivity contribution in [1.82, 2.24) is 9.71 Å². The van der Waals surface area contributed by atoms with Gasteiger partial charge in [0.25, 0.3) is 5.91 Å². The molecule has 12 heteroatoms. The lowest BCUT2D eigenvalue weighted by molar-refractivity contribution is -0.117. The van der Waals surface area contributed by atoms with Crippen molar-refractivity contribution in [3.8, 4) is 5.75 Å². The summed E-state index contributed by atoms with van der Waals surface area (Å²) in [6.45, 7) is -0.194. The quantitative estimate of drug-likeness (QED) is 0.609. The third kappa shape index (κ3) is 4.39. The molecule has 1 aliphatic rings. The summed E-state index contributed by atoms with van der Waals surface area (Å²) in [5.41, 5.74) is 1.32. The van der Waals surface area contributed by atoms with Gasteiger partial charge < -0.3 is 9.64 Å². The minimum Gasteiger partial charge on any atom is -0.497 e. The van der Waals surface area contributed by atoms with Crippen LogP contribution in [0, 0.1) is 5.13 Å². The predicted molar refractivity (Wildman–Crippen MR) is 115 cm³/mol. The van der Waals surface area contributed by atoms with Gasteiger partial charge in [0.2, 0.25) is 10.0 Å². The number of hydrogen-bond donors (Lipinski definition) is 1. The number of thiazole rings is 1. The smallest absolute Gasteiger partial charge is 0.253 e. The lowest BCUT2D eigenvalue weighted by Gasteiger charge is -2.20. The molecule has 3 aromatic rings. The zero-order chi connectivity index (χ0) is 20.8. The number of methoxy groups -OCH3 is 1. The summed E-state index contributed by atoms with van der Waals surface area (Å²) in [6.07, 6.45) is 2.74. The van der Waals surface area contributed by atoms with Crippen LogP contribution in [0.1, 0.15) is 5.01 Å². The molecule has 152 valence electrons. The first-order chi connectivity index (χ1) is 13.7. The van der Waals surface area contributed by atoms with Gasteiger partial charge in [0.05, 0.1) is 29.6 Å². The molecule has 29 heavy (non-hydrogen) atoms. The maximum Gasteiger partial charge on any atom is 0.253 e. The van der Waals surface area contributed by atoms with E-state index in [2.05, 4.69) is 4.98 Å². The maximum atomic E-state index is 13.3. The van der Waals surface area contributed by atoms with Gasteiger partial charge in [-0.25, -0.2) is 13.4 Å². The van der Waals surface area contributed by atoms with E-state index in [0.717, 1.165) is 32.2 Å². The van der Waals surface area contributed by atoms with E-state index in [0.29, 0.717) is 21.3 Å². The van der Waals surface area contributed by atoms with E-state index >= 15 is 0 Å². The van der Waals surface area contributed by atoms with E-state index in [-0.39, 0.29) is 11.7 Å². The van der Waals surface area contributed by atoms with Gasteiger partial charge >= 0.3 is 0 Å². The van der Waals surface area contributed by atoms with Crippen molar-refractivity contribution in [2.75, 3.05) is 24.8 Å². The number of carbonyl (C=O) groups excluding carboxylic acids is 1. The molecular formula is C17H14FN3O4S4. The van der Waals surface area contributed by atoms with Crippen LogP contribution in [-0.4, -0.2) is 39.2 Å². The number of thioether (sulfide) groups is 1. The molecule has 0 saturated heterocycles. The van der Waals surface area contributed by atoms with E-state index in [1.54, 1.807) is 24.2 Å². The van der Waals surface area contributed by atoms with Gasteiger partial charge in [0.15, 0.2) is 5.13 Å². The topological polar surface area (TPSA) is 88.6 Å². The Kier molecular flexibility index (Phi) is 5.27. The van der Waals surface area contributed by atoms with E-state index in [1.165, 1.54) is 29.2 Å². The molecule has 0 radical (unpaired) electrons. The van der Waals surface area contributed by atoms with Crippen LogP contribution in [-0.2, 0) is 14.8 Å². The van der Waals surface area contributed by atoms with Crippen LogP contribution in [0.3, 0.4) is 0 Å². The number of aromatic nitrogens is 1. The fourth-order valence-corrected chi connectivity index (χ4v) is 6.32. The third-order valence-electron chi connectivity index (χ3n) is 3.86. The Morgan fingerprint density at radius 3 is 2.83 bits per heavy atom. The molecule has 1 aromatic carbocycles. The van der Waals surface area contributed by atoms with Crippen molar-refractivity contribution in [3.63, 3.8) is 0 Å². The first-order valence-electron chi connectivity index (χ1n) is 8.13. The van der Waals surface area contributed by atoms with Gasteiger partial charge in [0.1, 0.15) is 21.3 Å². The van der Waals surface area contributed by atoms with E-state index in [9.17, 15) is 17.6 Å². The standard InChI is InChI=1S/C17H14FN3O4S4/c1-25-9-3-4-12-11(5-9)21(8-14(22)20-29(2,23)24)16(26-12)7-15-19-10-6-13(18)27-17(10)28-15/h3-7H,8H2,1-2H3,(H,20,22)/b16-7-. The molecule has 0 unspecified atom stereocenters. The lowest BCUT2D eigenvalue weighted by atomic mass is 10.2. The molecule has 1 aliphatic heterocycles. The van der Waals surface area contributed by atoms with Crippen LogP contribution in [0.15, 0.2) is 34.2 Å². The number of benzene rings is 1. The Bertz CT molecular complexity index is 1220. The monoisotopic (exact) mass is 471 g/mol. The Hall–Kier alpha value is -2.15. The largest absolute Gasteiger partial charge is 0.497 e. The highest BCUT2D eigenvalue weighted by Crippen LogP contribution is 2.48. The van der Waals surface area contributed by atoms with E-state index in [1.807, 2.05) is 16.9 Å². The summed E-state index contributed by atoms with van der Waals surface area (Å²) in [5.74, 6) is -0.0405. The van der Waals surface area contributed by atoms with Crippen molar-refractivity contribution in [2.45, 2.75) is 4.90 Å². The number of anilines is 1. The Morgan fingerprint density at radius 2 is 2.14 bits per heavy atom. The molecule has 0 spiro atoms. The van der Waals surface area contributed by atoms with E-state index < -0.39 is 15.9 Å². The number of amides is 1. The molecule has 0 atom stereocenters. The van der Waals surface area contributed by atoms with Crippen LogP contribution < -0.4 is 14.4 Å². The molecule has 0 bridgehead atoms. The summed E-state index contributed by atoms with van der Waals surface area (Å²) >= 11 is 3.82. The zero-order valence-electron chi connectivity index (χ0n) is 15.1. The highest BCUT2D eigenvalue weighted by Gasteiger charge is 2.28. The third-order valence-corrected chi connectivity index (χ3v) is 7.59. The number of halogens is 1. The molecule has 0 saturated carbocycles. The molecule has 4 rings (SSSR count). The second-order valence-electron chi connectivity index (χ2n) is 6.08. The van der Waals surface area contributed by atoms with Gasteiger partial charge in [-0.1, -0.05) is 23.1 Å². The summed E-state index contributed by atoms with van der Waals surface area (Å²) < 4.78 is 44.2.